The van der Waals surface area contributed by atoms with Gasteiger partial charge in [0.05, 0.1) is 11.8 Å². The highest BCUT2D eigenvalue weighted by Crippen LogP contribution is 2.40. The minimum Gasteiger partial charge on any atom is -0.286 e. The van der Waals surface area contributed by atoms with Crippen molar-refractivity contribution < 1.29 is 17.9 Å². The van der Waals surface area contributed by atoms with Gasteiger partial charge in [-0.3, -0.25) is 5.10 Å². The third-order valence-corrected chi connectivity index (χ3v) is 7.89. The Balaban J connectivity index is 0.000000446. The SMILES string of the molecule is CC(C)[C@](C)(c1cc(F)cc(F)c1-c1cccc[n+]1C)n1ccc[n+]1B(n1cccn1)n1cccn1.CCCC.c1cn[nH]c1. The molecular formula is C33H42BF2N9+2. The number of aryl methyl sites for hydroxylation is 1. The summed E-state index contributed by atoms with van der Waals surface area (Å²) >= 11 is 0. The fraction of sp³-hybridized carbons (Fsp3) is 0.303. The molecule has 0 saturated carbocycles. The Labute approximate surface area is 263 Å². The van der Waals surface area contributed by atoms with Crippen molar-refractivity contribution in [1.29, 1.82) is 0 Å². The van der Waals surface area contributed by atoms with Gasteiger partial charge in [0.15, 0.2) is 12.4 Å². The number of unbranched alkanes of at least 4 members (excludes halogenated alkanes) is 1. The minimum atomic E-state index is -0.858. The van der Waals surface area contributed by atoms with Gasteiger partial charge in [0.25, 0.3) is 0 Å². The molecule has 0 aliphatic rings. The summed E-state index contributed by atoms with van der Waals surface area (Å²) < 4.78 is 39.9. The van der Waals surface area contributed by atoms with Crippen molar-refractivity contribution in [2.45, 2.75) is 53.0 Å². The molecule has 0 amide bonds. The number of halogens is 2. The zero-order chi connectivity index (χ0) is 32.4. The molecule has 45 heavy (non-hydrogen) atoms. The Morgan fingerprint density at radius 1 is 0.889 bits per heavy atom. The van der Waals surface area contributed by atoms with Crippen molar-refractivity contribution in [3.8, 4) is 11.3 Å². The van der Waals surface area contributed by atoms with E-state index in [1.165, 1.54) is 18.9 Å². The smallest absolute Gasteiger partial charge is 0.286 e. The number of hydrogen-bond acceptors (Lipinski definition) is 3. The first-order valence-corrected chi connectivity index (χ1v) is 15.2. The van der Waals surface area contributed by atoms with E-state index in [0.29, 0.717) is 16.8 Å². The fourth-order valence-corrected chi connectivity index (χ4v) is 5.07. The van der Waals surface area contributed by atoms with E-state index in [1.54, 1.807) is 34.0 Å². The van der Waals surface area contributed by atoms with Gasteiger partial charge in [-0.05, 0) is 43.2 Å². The summed E-state index contributed by atoms with van der Waals surface area (Å²) in [4.78, 5) is 0. The van der Waals surface area contributed by atoms with Crippen LogP contribution in [0.3, 0.4) is 0 Å². The number of nitrogens with zero attached hydrogens (tertiary/aromatic N) is 8. The second kappa shape index (κ2) is 15.2. The first-order chi connectivity index (χ1) is 21.7. The van der Waals surface area contributed by atoms with Gasteiger partial charge < -0.3 is 0 Å². The summed E-state index contributed by atoms with van der Waals surface area (Å²) in [7, 11) is 1.38. The maximum atomic E-state index is 15.6. The Bertz CT molecular complexity index is 1660. The van der Waals surface area contributed by atoms with Gasteiger partial charge in [-0.2, -0.15) is 20.0 Å². The summed E-state index contributed by atoms with van der Waals surface area (Å²) in [6.07, 6.45) is 18.9. The number of aromatic nitrogens is 9. The average molecular weight is 614 g/mol. The van der Waals surface area contributed by atoms with Crippen LogP contribution in [0.15, 0.2) is 110 Å². The van der Waals surface area contributed by atoms with Gasteiger partial charge in [0, 0.05) is 67.0 Å². The molecular weight excluding hydrogens is 571 g/mol. The van der Waals surface area contributed by atoms with Crippen LogP contribution in [0, 0.1) is 17.6 Å². The Kier molecular flexibility index (Phi) is 11.2. The lowest BCUT2D eigenvalue weighted by molar-refractivity contribution is -0.660. The molecule has 1 atom stereocenters. The first kappa shape index (κ1) is 33.0. The molecule has 234 valence electrons. The predicted octanol–water partition coefficient (Wildman–Crippen LogP) is 5.50. The van der Waals surface area contributed by atoms with Crippen molar-refractivity contribution >= 4 is 7.12 Å². The lowest BCUT2D eigenvalue weighted by Gasteiger charge is -2.35. The summed E-state index contributed by atoms with van der Waals surface area (Å²) in [5.74, 6) is -1.28. The van der Waals surface area contributed by atoms with E-state index < -0.39 is 24.3 Å². The minimum absolute atomic E-state index is 0.0546. The molecule has 0 aliphatic heterocycles. The molecule has 0 fully saturated rings. The van der Waals surface area contributed by atoms with Crippen LogP contribution in [0.1, 0.15) is 53.0 Å². The van der Waals surface area contributed by atoms with E-state index >= 15 is 4.39 Å². The van der Waals surface area contributed by atoms with Crippen molar-refractivity contribution in [1.82, 2.24) is 34.3 Å². The molecule has 1 N–H and O–H groups in total. The maximum absolute atomic E-state index is 15.6. The zero-order valence-electron chi connectivity index (χ0n) is 26.8. The summed E-state index contributed by atoms with van der Waals surface area (Å²) in [5, 5.41) is 15.2. The zero-order valence-corrected chi connectivity index (χ0v) is 26.8. The van der Waals surface area contributed by atoms with Crippen LogP contribution < -0.4 is 9.16 Å². The quantitative estimate of drug-likeness (QED) is 0.182. The molecule has 0 saturated heterocycles. The number of nitrogens with one attached hydrogen (secondary N) is 1. The van der Waals surface area contributed by atoms with Crippen molar-refractivity contribution in [3.05, 3.63) is 128 Å². The molecule has 0 spiro atoms. The molecule has 0 aliphatic carbocycles. The van der Waals surface area contributed by atoms with Crippen LogP contribution in [-0.4, -0.2) is 41.4 Å². The van der Waals surface area contributed by atoms with Crippen LogP contribution >= 0.6 is 0 Å². The largest absolute Gasteiger partial charge is 0.818 e. The van der Waals surface area contributed by atoms with Crippen LogP contribution in [0.5, 0.6) is 0 Å². The number of aromatic amines is 1. The molecule has 12 heteroatoms. The molecule has 0 radical (unpaired) electrons. The van der Waals surface area contributed by atoms with Gasteiger partial charge >= 0.3 is 7.12 Å². The summed E-state index contributed by atoms with van der Waals surface area (Å²) in [5.41, 5.74) is 0.710. The standard InChI is InChI=1S/C26H28BF2N7.C4H10.C3H4N2/c1-20(2)26(3,22-18-21(28)19-23(29)25(22)24-10-5-6-13-32(24)4)33-14-9-17-36(33)27(34-15-7-11-30-34)35-16-8-12-31-35;1-3-4-2;1-2-4-5-3-1/h5-20H,1-4H3;3-4H2,1-2H3;1-3H,(H,4,5)/q+2;;/t26-;;/m1../s1. The lowest BCUT2D eigenvalue weighted by atomic mass is 9.78. The molecule has 6 rings (SSSR count). The third-order valence-electron chi connectivity index (χ3n) is 7.89. The molecule has 0 bridgehead atoms. The van der Waals surface area contributed by atoms with Gasteiger partial charge in [0.1, 0.15) is 24.2 Å². The number of H-pyrrole nitrogens is 1. The molecule has 5 heterocycles. The molecule has 9 nitrogen and oxygen atoms in total. The number of hydrogen-bond donors (Lipinski definition) is 1. The fourth-order valence-electron chi connectivity index (χ4n) is 5.07. The second-order valence-corrected chi connectivity index (χ2v) is 11.1. The van der Waals surface area contributed by atoms with Crippen LogP contribution in [0.25, 0.3) is 11.3 Å². The van der Waals surface area contributed by atoms with Gasteiger partial charge in [-0.25, -0.2) is 22.5 Å². The highest BCUT2D eigenvalue weighted by molar-refractivity contribution is 6.44. The summed E-state index contributed by atoms with van der Waals surface area (Å²) in [6.45, 7) is 10.5. The third kappa shape index (κ3) is 7.27. The van der Waals surface area contributed by atoms with Gasteiger partial charge in [-0.15, -0.1) is 4.59 Å². The Hall–Kier alpha value is -4.87. The first-order valence-electron chi connectivity index (χ1n) is 15.2. The van der Waals surface area contributed by atoms with Crippen molar-refractivity contribution in [2.75, 3.05) is 0 Å². The van der Waals surface area contributed by atoms with Crippen LogP contribution in [-0.2, 0) is 12.6 Å². The van der Waals surface area contributed by atoms with E-state index in [-0.39, 0.29) is 5.92 Å². The predicted molar refractivity (Wildman–Crippen MR) is 171 cm³/mol. The van der Waals surface area contributed by atoms with Crippen LogP contribution in [0.4, 0.5) is 8.78 Å². The Morgan fingerprint density at radius 2 is 1.58 bits per heavy atom. The normalized spacial score (nSPS) is 12.1. The van der Waals surface area contributed by atoms with Gasteiger partial charge in [-0.1, -0.05) is 40.5 Å². The maximum Gasteiger partial charge on any atom is 0.818 e. The van der Waals surface area contributed by atoms with Crippen LogP contribution in [0.2, 0.25) is 0 Å². The number of pyridine rings is 1. The second-order valence-electron chi connectivity index (χ2n) is 11.1. The molecule has 6 aromatic rings. The molecule has 1 aromatic carbocycles. The number of benzene rings is 1. The van der Waals surface area contributed by atoms with Crippen molar-refractivity contribution in [2.24, 2.45) is 13.0 Å². The van der Waals surface area contributed by atoms with E-state index in [4.69, 9.17) is 0 Å². The average Bonchev–Trinajstić information content (AvgIpc) is 3.87. The monoisotopic (exact) mass is 613 g/mol. The van der Waals surface area contributed by atoms with Crippen molar-refractivity contribution in [3.63, 3.8) is 0 Å². The Morgan fingerprint density at radius 3 is 2.07 bits per heavy atom. The van der Waals surface area contributed by atoms with Gasteiger partial charge in [0.2, 0.25) is 5.69 Å². The van der Waals surface area contributed by atoms with E-state index in [0.717, 1.165) is 6.07 Å². The van der Waals surface area contributed by atoms with E-state index in [1.807, 2.05) is 101 Å². The summed E-state index contributed by atoms with van der Waals surface area (Å²) in [6, 6.07) is 15.4. The van der Waals surface area contributed by atoms with E-state index in [9.17, 15) is 4.39 Å². The highest BCUT2D eigenvalue weighted by Gasteiger charge is 2.48. The number of rotatable bonds is 8. The molecule has 0 unspecified atom stereocenters. The van der Waals surface area contributed by atoms with E-state index in [2.05, 4.69) is 48.1 Å². The lowest BCUT2D eigenvalue weighted by Crippen LogP contribution is -2.68. The highest BCUT2D eigenvalue weighted by atomic mass is 19.1. The topological polar surface area (TPSA) is 77.0 Å². The molecule has 5 aromatic heterocycles.